The SMILES string of the molecule is CC(Oc1ccc(Cl)cc1)C(=O)NC1CC(C)(C)Oc2ccccc21. The Kier molecular flexibility index (Phi) is 4.91. The summed E-state index contributed by atoms with van der Waals surface area (Å²) >= 11 is 5.87. The van der Waals surface area contributed by atoms with Gasteiger partial charge < -0.3 is 14.8 Å². The molecular formula is C20H22ClNO3. The molecule has 0 aromatic heterocycles. The van der Waals surface area contributed by atoms with Crippen molar-refractivity contribution in [2.24, 2.45) is 0 Å². The number of nitrogens with one attached hydrogen (secondary N) is 1. The number of amides is 1. The summed E-state index contributed by atoms with van der Waals surface area (Å²) in [5.41, 5.74) is 0.654. The highest BCUT2D eigenvalue weighted by molar-refractivity contribution is 6.30. The Labute approximate surface area is 153 Å². The zero-order valence-electron chi connectivity index (χ0n) is 14.6. The smallest absolute Gasteiger partial charge is 0.261 e. The zero-order valence-corrected chi connectivity index (χ0v) is 15.3. The molecule has 3 rings (SSSR count). The lowest BCUT2D eigenvalue weighted by Crippen LogP contribution is -2.44. The van der Waals surface area contributed by atoms with Gasteiger partial charge in [0.25, 0.3) is 5.91 Å². The molecule has 0 saturated heterocycles. The number of carbonyl (C=O) groups is 1. The van der Waals surface area contributed by atoms with Gasteiger partial charge in [-0.3, -0.25) is 4.79 Å². The highest BCUT2D eigenvalue weighted by Crippen LogP contribution is 2.39. The van der Waals surface area contributed by atoms with E-state index in [1.54, 1.807) is 31.2 Å². The van der Waals surface area contributed by atoms with Gasteiger partial charge in [-0.2, -0.15) is 0 Å². The highest BCUT2D eigenvalue weighted by atomic mass is 35.5. The van der Waals surface area contributed by atoms with Crippen molar-refractivity contribution in [1.82, 2.24) is 5.32 Å². The van der Waals surface area contributed by atoms with Crippen molar-refractivity contribution in [1.29, 1.82) is 0 Å². The minimum absolute atomic E-state index is 0.108. The molecule has 1 amide bonds. The average Bonchev–Trinajstić information content (AvgIpc) is 2.56. The average molecular weight is 360 g/mol. The second-order valence-corrected chi connectivity index (χ2v) is 7.32. The van der Waals surface area contributed by atoms with Crippen LogP contribution in [0, 0.1) is 0 Å². The number of halogens is 1. The lowest BCUT2D eigenvalue weighted by atomic mass is 9.89. The third-order valence-electron chi connectivity index (χ3n) is 4.19. The van der Waals surface area contributed by atoms with Crippen LogP contribution in [0.15, 0.2) is 48.5 Å². The molecule has 0 saturated carbocycles. The molecule has 1 aliphatic heterocycles. The maximum absolute atomic E-state index is 12.6. The zero-order chi connectivity index (χ0) is 18.0. The van der Waals surface area contributed by atoms with Gasteiger partial charge in [0, 0.05) is 17.0 Å². The summed E-state index contributed by atoms with van der Waals surface area (Å²) in [6, 6.07) is 14.7. The Morgan fingerprint density at radius 1 is 1.24 bits per heavy atom. The number of hydrogen-bond acceptors (Lipinski definition) is 3. The topological polar surface area (TPSA) is 47.6 Å². The Bertz CT molecular complexity index is 758. The van der Waals surface area contributed by atoms with Crippen molar-refractivity contribution in [3.05, 3.63) is 59.1 Å². The minimum Gasteiger partial charge on any atom is -0.487 e. The quantitative estimate of drug-likeness (QED) is 0.872. The van der Waals surface area contributed by atoms with E-state index in [9.17, 15) is 4.79 Å². The van der Waals surface area contributed by atoms with Gasteiger partial charge >= 0.3 is 0 Å². The number of para-hydroxylation sites is 1. The number of ether oxygens (including phenoxy) is 2. The molecule has 0 bridgehead atoms. The summed E-state index contributed by atoms with van der Waals surface area (Å²) in [7, 11) is 0. The first kappa shape index (κ1) is 17.6. The summed E-state index contributed by atoms with van der Waals surface area (Å²) < 4.78 is 11.7. The summed E-state index contributed by atoms with van der Waals surface area (Å²) in [5.74, 6) is 1.27. The van der Waals surface area contributed by atoms with Crippen LogP contribution in [-0.4, -0.2) is 17.6 Å². The van der Waals surface area contributed by atoms with Crippen molar-refractivity contribution < 1.29 is 14.3 Å². The second-order valence-electron chi connectivity index (χ2n) is 6.88. The van der Waals surface area contributed by atoms with E-state index in [2.05, 4.69) is 5.32 Å². The third kappa shape index (κ3) is 4.26. The van der Waals surface area contributed by atoms with Crippen LogP contribution in [0.25, 0.3) is 0 Å². The molecule has 2 aromatic rings. The second kappa shape index (κ2) is 6.96. The Balaban J connectivity index is 1.70. The van der Waals surface area contributed by atoms with Gasteiger partial charge in [-0.25, -0.2) is 0 Å². The fourth-order valence-electron chi connectivity index (χ4n) is 2.99. The van der Waals surface area contributed by atoms with Crippen LogP contribution in [0.5, 0.6) is 11.5 Å². The predicted octanol–water partition coefficient (Wildman–Crippen LogP) is 4.53. The first-order chi connectivity index (χ1) is 11.8. The van der Waals surface area contributed by atoms with Gasteiger partial charge in [0.1, 0.15) is 17.1 Å². The van der Waals surface area contributed by atoms with E-state index in [1.807, 2.05) is 38.1 Å². The number of fused-ring (bicyclic) bond motifs is 1. The van der Waals surface area contributed by atoms with Crippen molar-refractivity contribution in [2.75, 3.05) is 0 Å². The molecule has 5 heteroatoms. The van der Waals surface area contributed by atoms with Gasteiger partial charge in [-0.05, 0) is 51.1 Å². The fourth-order valence-corrected chi connectivity index (χ4v) is 3.12. The van der Waals surface area contributed by atoms with E-state index < -0.39 is 6.10 Å². The molecule has 0 spiro atoms. The Morgan fingerprint density at radius 2 is 1.92 bits per heavy atom. The molecule has 1 aliphatic rings. The van der Waals surface area contributed by atoms with E-state index in [1.165, 1.54) is 0 Å². The fraction of sp³-hybridized carbons (Fsp3) is 0.350. The van der Waals surface area contributed by atoms with Gasteiger partial charge in [0.05, 0.1) is 6.04 Å². The molecule has 0 fully saturated rings. The molecule has 132 valence electrons. The number of benzene rings is 2. The summed E-state index contributed by atoms with van der Waals surface area (Å²) in [4.78, 5) is 12.6. The van der Waals surface area contributed by atoms with E-state index >= 15 is 0 Å². The largest absolute Gasteiger partial charge is 0.487 e. The van der Waals surface area contributed by atoms with E-state index in [0.29, 0.717) is 17.2 Å². The molecule has 0 aliphatic carbocycles. The van der Waals surface area contributed by atoms with Crippen LogP contribution in [0.1, 0.15) is 38.8 Å². The number of carbonyl (C=O) groups excluding carboxylic acids is 1. The molecule has 0 radical (unpaired) electrons. The van der Waals surface area contributed by atoms with Crippen LogP contribution in [0.3, 0.4) is 0 Å². The van der Waals surface area contributed by atoms with E-state index in [4.69, 9.17) is 21.1 Å². The Morgan fingerprint density at radius 3 is 2.64 bits per heavy atom. The van der Waals surface area contributed by atoms with Crippen LogP contribution < -0.4 is 14.8 Å². The van der Waals surface area contributed by atoms with Crippen LogP contribution in [0.4, 0.5) is 0 Å². The van der Waals surface area contributed by atoms with Crippen LogP contribution in [-0.2, 0) is 4.79 Å². The van der Waals surface area contributed by atoms with Crippen molar-refractivity contribution in [3.8, 4) is 11.5 Å². The van der Waals surface area contributed by atoms with Gasteiger partial charge in [0.15, 0.2) is 6.10 Å². The monoisotopic (exact) mass is 359 g/mol. The molecular weight excluding hydrogens is 338 g/mol. The molecule has 2 unspecified atom stereocenters. The molecule has 1 N–H and O–H groups in total. The van der Waals surface area contributed by atoms with Crippen molar-refractivity contribution >= 4 is 17.5 Å². The number of rotatable bonds is 4. The third-order valence-corrected chi connectivity index (χ3v) is 4.44. The summed E-state index contributed by atoms with van der Waals surface area (Å²) in [6.45, 7) is 5.78. The maximum Gasteiger partial charge on any atom is 0.261 e. The Hall–Kier alpha value is -2.20. The van der Waals surface area contributed by atoms with Crippen molar-refractivity contribution in [2.45, 2.75) is 44.9 Å². The molecule has 2 aromatic carbocycles. The van der Waals surface area contributed by atoms with Crippen LogP contribution in [0.2, 0.25) is 5.02 Å². The van der Waals surface area contributed by atoms with Gasteiger partial charge in [-0.15, -0.1) is 0 Å². The lowest BCUT2D eigenvalue weighted by Gasteiger charge is -2.38. The standard InChI is InChI=1S/C20H22ClNO3/c1-13(24-15-10-8-14(21)9-11-15)19(23)22-17-12-20(2,3)25-18-7-5-4-6-16(17)18/h4-11,13,17H,12H2,1-3H3,(H,22,23). The predicted molar refractivity (Wildman–Crippen MR) is 98.2 cm³/mol. The first-order valence-corrected chi connectivity index (χ1v) is 8.72. The molecule has 2 atom stereocenters. The lowest BCUT2D eigenvalue weighted by molar-refractivity contribution is -0.128. The molecule has 25 heavy (non-hydrogen) atoms. The highest BCUT2D eigenvalue weighted by Gasteiger charge is 2.35. The van der Waals surface area contributed by atoms with E-state index in [-0.39, 0.29) is 17.6 Å². The van der Waals surface area contributed by atoms with Crippen LogP contribution >= 0.6 is 11.6 Å². The summed E-state index contributed by atoms with van der Waals surface area (Å²) in [5, 5.41) is 3.72. The summed E-state index contributed by atoms with van der Waals surface area (Å²) in [6.07, 6.45) is 0.0861. The minimum atomic E-state index is -0.612. The van der Waals surface area contributed by atoms with E-state index in [0.717, 1.165) is 11.3 Å². The first-order valence-electron chi connectivity index (χ1n) is 8.35. The molecule has 4 nitrogen and oxygen atoms in total. The number of hydrogen-bond donors (Lipinski definition) is 1. The van der Waals surface area contributed by atoms with Gasteiger partial charge in [0.2, 0.25) is 0 Å². The molecule has 1 heterocycles. The van der Waals surface area contributed by atoms with Gasteiger partial charge in [-0.1, -0.05) is 29.8 Å². The maximum atomic E-state index is 12.6. The normalized spacial score (nSPS) is 19.3. The van der Waals surface area contributed by atoms with Crippen molar-refractivity contribution in [3.63, 3.8) is 0 Å².